The maximum Gasteiger partial charge on any atom is 0.238 e. The number of nitrogens with one attached hydrogen (secondary N) is 1. The summed E-state index contributed by atoms with van der Waals surface area (Å²) in [7, 11) is 0. The monoisotopic (exact) mass is 512 g/mol. The number of aromatic nitrogens is 1. The Morgan fingerprint density at radius 3 is 2.56 bits per heavy atom. The highest BCUT2D eigenvalue weighted by Crippen LogP contribution is 2.26. The van der Waals surface area contributed by atoms with Crippen molar-refractivity contribution in [3.63, 3.8) is 0 Å². The average molecular weight is 514 g/mol. The molecule has 1 fully saturated rings. The molecule has 5 nitrogen and oxygen atoms in total. The van der Waals surface area contributed by atoms with Crippen LogP contribution in [0.5, 0.6) is 0 Å². The van der Waals surface area contributed by atoms with Gasteiger partial charge >= 0.3 is 0 Å². The second-order valence-corrected chi connectivity index (χ2v) is 9.30. The molecule has 3 aromatic rings. The van der Waals surface area contributed by atoms with Crippen LogP contribution in [-0.4, -0.2) is 53.4 Å². The molecule has 0 atom stereocenters. The molecule has 1 aliphatic rings. The molecule has 166 valence electrons. The molecular weight excluding hydrogens is 488 g/mol. The van der Waals surface area contributed by atoms with Crippen LogP contribution in [0.15, 0.2) is 71.5 Å². The zero-order valence-corrected chi connectivity index (χ0v) is 20.1. The number of carbonyl (C=O) groups excluding carboxylic acids is 1. The second-order valence-electron chi connectivity index (χ2n) is 7.97. The quantitative estimate of drug-likeness (QED) is 0.485. The van der Waals surface area contributed by atoms with E-state index in [0.717, 1.165) is 43.6 Å². The number of nitrogens with zero attached hydrogens (tertiary/aromatic N) is 3. The van der Waals surface area contributed by atoms with Gasteiger partial charge in [-0.1, -0.05) is 51.8 Å². The van der Waals surface area contributed by atoms with E-state index < -0.39 is 0 Å². The minimum absolute atomic E-state index is 0.0312. The third-order valence-corrected chi connectivity index (χ3v) is 6.51. The molecule has 0 saturated carbocycles. The Balaban J connectivity index is 1.35. The first kappa shape index (κ1) is 22.9. The normalized spacial score (nSPS) is 15.3. The summed E-state index contributed by atoms with van der Waals surface area (Å²) in [4.78, 5) is 21.5. The highest BCUT2D eigenvalue weighted by molar-refractivity contribution is 9.10. The van der Waals surface area contributed by atoms with Crippen LogP contribution in [0.4, 0.5) is 5.69 Å². The van der Waals surface area contributed by atoms with Gasteiger partial charge in [-0.3, -0.25) is 19.6 Å². The highest BCUT2D eigenvalue weighted by atomic mass is 79.9. The van der Waals surface area contributed by atoms with Gasteiger partial charge in [-0.25, -0.2) is 0 Å². The zero-order chi connectivity index (χ0) is 22.3. The number of pyridine rings is 1. The molecule has 1 amide bonds. The van der Waals surface area contributed by atoms with Crippen molar-refractivity contribution in [3.05, 3.63) is 82.0 Å². The van der Waals surface area contributed by atoms with E-state index in [1.807, 2.05) is 30.6 Å². The van der Waals surface area contributed by atoms with Gasteiger partial charge in [0.1, 0.15) is 0 Å². The van der Waals surface area contributed by atoms with E-state index in [-0.39, 0.29) is 5.91 Å². The molecule has 1 N–H and O–H groups in total. The predicted octanol–water partition coefficient (Wildman–Crippen LogP) is 5.31. The fourth-order valence-corrected chi connectivity index (χ4v) is 4.45. The fourth-order valence-electron chi connectivity index (χ4n) is 4.00. The van der Waals surface area contributed by atoms with E-state index in [4.69, 9.17) is 11.6 Å². The number of rotatable bonds is 6. The van der Waals surface area contributed by atoms with E-state index in [9.17, 15) is 4.79 Å². The highest BCUT2D eigenvalue weighted by Gasteiger charge is 2.19. The first-order chi connectivity index (χ1) is 15.6. The fraction of sp³-hybridized carbons (Fsp3) is 0.280. The minimum Gasteiger partial charge on any atom is -0.324 e. The van der Waals surface area contributed by atoms with Gasteiger partial charge in [0.15, 0.2) is 0 Å². The number of carbonyl (C=O) groups is 1. The molecule has 7 heteroatoms. The Morgan fingerprint density at radius 1 is 1.00 bits per heavy atom. The molecule has 0 bridgehead atoms. The summed E-state index contributed by atoms with van der Waals surface area (Å²) in [5.41, 5.74) is 4.29. The van der Waals surface area contributed by atoms with Gasteiger partial charge in [-0.05, 0) is 66.5 Å². The van der Waals surface area contributed by atoms with Crippen LogP contribution in [0.1, 0.15) is 12.0 Å². The standard InChI is InChI=1S/C25H26BrClN4O/c26-21-8-6-19(7-9-21)22-10-11-28-16-20(22)17-30-12-3-13-31(15-14-30)18-25(32)29-24-5-2-1-4-23(24)27/h1-2,4-11,16H,3,12-15,17-18H2,(H,29,32). The van der Waals surface area contributed by atoms with Crippen molar-refractivity contribution in [1.29, 1.82) is 0 Å². The lowest BCUT2D eigenvalue weighted by Crippen LogP contribution is -2.36. The molecule has 1 aromatic heterocycles. The number of amides is 1. The molecule has 32 heavy (non-hydrogen) atoms. The maximum atomic E-state index is 12.5. The Kier molecular flexibility index (Phi) is 7.92. The van der Waals surface area contributed by atoms with E-state index in [0.29, 0.717) is 17.3 Å². The van der Waals surface area contributed by atoms with E-state index >= 15 is 0 Å². The Morgan fingerprint density at radius 2 is 1.75 bits per heavy atom. The Hall–Kier alpha value is -2.25. The van der Waals surface area contributed by atoms with E-state index in [1.165, 1.54) is 16.7 Å². The Bertz CT molecular complexity index is 1060. The van der Waals surface area contributed by atoms with Crippen molar-refractivity contribution >= 4 is 39.1 Å². The summed E-state index contributed by atoms with van der Waals surface area (Å²) in [5, 5.41) is 3.48. The first-order valence-corrected chi connectivity index (χ1v) is 11.9. The largest absolute Gasteiger partial charge is 0.324 e. The molecule has 0 radical (unpaired) electrons. The lowest BCUT2D eigenvalue weighted by molar-refractivity contribution is -0.117. The van der Waals surface area contributed by atoms with Gasteiger partial charge in [0.05, 0.1) is 17.3 Å². The van der Waals surface area contributed by atoms with Crippen molar-refractivity contribution in [2.24, 2.45) is 0 Å². The Labute approximate surface area is 202 Å². The summed E-state index contributed by atoms with van der Waals surface area (Å²) in [6.45, 7) is 4.88. The summed E-state index contributed by atoms with van der Waals surface area (Å²) in [5.74, 6) is -0.0312. The van der Waals surface area contributed by atoms with Gasteiger partial charge in [0.2, 0.25) is 5.91 Å². The van der Waals surface area contributed by atoms with Gasteiger partial charge in [0, 0.05) is 36.5 Å². The van der Waals surface area contributed by atoms with E-state index in [1.54, 1.807) is 6.07 Å². The van der Waals surface area contributed by atoms with Crippen LogP contribution in [-0.2, 0) is 11.3 Å². The zero-order valence-electron chi connectivity index (χ0n) is 17.8. The molecule has 2 heterocycles. The molecule has 0 spiro atoms. The number of para-hydroxylation sites is 1. The van der Waals surface area contributed by atoms with Gasteiger partial charge in [0.25, 0.3) is 0 Å². The molecule has 0 aliphatic carbocycles. The van der Waals surface area contributed by atoms with Crippen molar-refractivity contribution < 1.29 is 4.79 Å². The third kappa shape index (κ3) is 6.17. The molecule has 0 unspecified atom stereocenters. The smallest absolute Gasteiger partial charge is 0.238 e. The molecule has 1 aliphatic heterocycles. The number of hydrogen-bond donors (Lipinski definition) is 1. The lowest BCUT2D eigenvalue weighted by Gasteiger charge is -2.22. The third-order valence-electron chi connectivity index (χ3n) is 5.65. The number of halogens is 2. The lowest BCUT2D eigenvalue weighted by atomic mass is 10.0. The first-order valence-electron chi connectivity index (χ1n) is 10.8. The van der Waals surface area contributed by atoms with Crippen LogP contribution in [0.3, 0.4) is 0 Å². The van der Waals surface area contributed by atoms with Gasteiger partial charge in [-0.2, -0.15) is 0 Å². The molecule has 2 aromatic carbocycles. The van der Waals surface area contributed by atoms with Crippen LogP contribution in [0.2, 0.25) is 5.02 Å². The van der Waals surface area contributed by atoms with Crippen molar-refractivity contribution in [3.8, 4) is 11.1 Å². The van der Waals surface area contributed by atoms with Crippen molar-refractivity contribution in [1.82, 2.24) is 14.8 Å². The predicted molar refractivity (Wildman–Crippen MR) is 134 cm³/mol. The summed E-state index contributed by atoms with van der Waals surface area (Å²) >= 11 is 9.66. The number of hydrogen-bond acceptors (Lipinski definition) is 4. The summed E-state index contributed by atoms with van der Waals surface area (Å²) in [6.07, 6.45) is 4.84. The average Bonchev–Trinajstić information content (AvgIpc) is 3.01. The topological polar surface area (TPSA) is 48.5 Å². The maximum absolute atomic E-state index is 12.5. The number of benzene rings is 2. The van der Waals surface area contributed by atoms with Crippen LogP contribution in [0.25, 0.3) is 11.1 Å². The van der Waals surface area contributed by atoms with E-state index in [2.05, 4.69) is 66.4 Å². The van der Waals surface area contributed by atoms with Crippen molar-refractivity contribution in [2.45, 2.75) is 13.0 Å². The van der Waals surface area contributed by atoms with Crippen LogP contribution >= 0.6 is 27.5 Å². The van der Waals surface area contributed by atoms with Gasteiger partial charge < -0.3 is 5.32 Å². The van der Waals surface area contributed by atoms with Crippen LogP contribution in [0, 0.1) is 0 Å². The van der Waals surface area contributed by atoms with Crippen LogP contribution < -0.4 is 5.32 Å². The molecule has 1 saturated heterocycles. The molecular formula is C25H26BrClN4O. The van der Waals surface area contributed by atoms with Gasteiger partial charge in [-0.15, -0.1) is 0 Å². The SMILES string of the molecule is O=C(CN1CCCN(Cc2cnccc2-c2ccc(Br)cc2)CC1)Nc1ccccc1Cl. The summed E-state index contributed by atoms with van der Waals surface area (Å²) in [6, 6.07) is 17.8. The minimum atomic E-state index is -0.0312. The second kappa shape index (κ2) is 11.1. The summed E-state index contributed by atoms with van der Waals surface area (Å²) < 4.78 is 1.07. The van der Waals surface area contributed by atoms with Crippen molar-refractivity contribution in [2.75, 3.05) is 38.0 Å². The molecule has 4 rings (SSSR count). The number of anilines is 1.